The largest absolute Gasteiger partial charge is 0.508 e. The van der Waals surface area contributed by atoms with Crippen molar-refractivity contribution < 1.29 is 5.11 Å². The van der Waals surface area contributed by atoms with Crippen LogP contribution in [0.5, 0.6) is 5.75 Å². The zero-order valence-electron chi connectivity index (χ0n) is 11.2. The zero-order valence-corrected chi connectivity index (χ0v) is 13.6. The fraction of sp³-hybridized carbons (Fsp3) is 0.571. The summed E-state index contributed by atoms with van der Waals surface area (Å²) in [6, 6.07) is 5.82. The number of rotatable bonds is 7. The summed E-state index contributed by atoms with van der Waals surface area (Å²) in [6.07, 6.45) is 4.26. The lowest BCUT2D eigenvalue weighted by Crippen LogP contribution is -2.23. The molecule has 1 aromatic rings. The maximum absolute atomic E-state index is 9.93. The smallest absolute Gasteiger partial charge is 0.120 e. The van der Waals surface area contributed by atoms with Gasteiger partial charge in [-0.05, 0) is 43.8 Å². The molecular formula is C14H22BrNOS. The van der Waals surface area contributed by atoms with Crippen LogP contribution in [0.25, 0.3) is 0 Å². The molecule has 0 aromatic heterocycles. The van der Waals surface area contributed by atoms with E-state index in [4.69, 9.17) is 0 Å². The van der Waals surface area contributed by atoms with Crippen LogP contribution in [0, 0.1) is 0 Å². The third-order valence-electron chi connectivity index (χ3n) is 3.12. The number of aromatic hydroxyl groups is 1. The molecule has 0 heterocycles. The Labute approximate surface area is 123 Å². The molecule has 2 atom stereocenters. The summed E-state index contributed by atoms with van der Waals surface area (Å²) in [6.45, 7) is 5.35. The van der Waals surface area contributed by atoms with E-state index in [9.17, 15) is 5.11 Å². The Morgan fingerprint density at radius 2 is 2.17 bits per heavy atom. The fourth-order valence-electron chi connectivity index (χ4n) is 1.86. The van der Waals surface area contributed by atoms with E-state index in [-0.39, 0.29) is 6.04 Å². The summed E-state index contributed by atoms with van der Waals surface area (Å²) in [5.74, 6) is 0.371. The normalized spacial score (nSPS) is 14.4. The molecule has 0 radical (unpaired) electrons. The summed E-state index contributed by atoms with van der Waals surface area (Å²) in [5.41, 5.74) is 0.976. The van der Waals surface area contributed by atoms with E-state index in [2.05, 4.69) is 41.3 Å². The molecule has 102 valence electrons. The molecule has 2 unspecified atom stereocenters. The topological polar surface area (TPSA) is 32.3 Å². The van der Waals surface area contributed by atoms with Gasteiger partial charge in [-0.25, -0.2) is 0 Å². The number of phenolic OH excluding ortho intramolecular Hbond substituents is 1. The highest BCUT2D eigenvalue weighted by Gasteiger charge is 2.13. The predicted molar refractivity (Wildman–Crippen MR) is 84.4 cm³/mol. The van der Waals surface area contributed by atoms with Crippen LogP contribution >= 0.6 is 27.7 Å². The molecule has 1 aromatic carbocycles. The molecule has 0 saturated heterocycles. The van der Waals surface area contributed by atoms with Gasteiger partial charge in [-0.15, -0.1) is 0 Å². The van der Waals surface area contributed by atoms with Crippen molar-refractivity contribution >= 4 is 27.7 Å². The van der Waals surface area contributed by atoms with Crippen LogP contribution < -0.4 is 5.32 Å². The summed E-state index contributed by atoms with van der Waals surface area (Å²) in [7, 11) is 0. The van der Waals surface area contributed by atoms with E-state index in [1.54, 1.807) is 6.07 Å². The van der Waals surface area contributed by atoms with Crippen LogP contribution in [0.4, 0.5) is 0 Å². The van der Waals surface area contributed by atoms with Crippen LogP contribution in [-0.4, -0.2) is 23.2 Å². The van der Waals surface area contributed by atoms with Gasteiger partial charge in [-0.1, -0.05) is 29.8 Å². The SMILES string of the molecule is CCC(NCCC(C)SC)c1cc(Br)ccc1O. The average molecular weight is 332 g/mol. The van der Waals surface area contributed by atoms with Crippen LogP contribution in [0.3, 0.4) is 0 Å². The number of halogens is 1. The molecule has 1 rings (SSSR count). The summed E-state index contributed by atoms with van der Waals surface area (Å²) in [4.78, 5) is 0. The van der Waals surface area contributed by atoms with Crippen molar-refractivity contribution in [3.05, 3.63) is 28.2 Å². The van der Waals surface area contributed by atoms with Crippen molar-refractivity contribution in [3.63, 3.8) is 0 Å². The molecular weight excluding hydrogens is 310 g/mol. The van der Waals surface area contributed by atoms with Gasteiger partial charge in [0, 0.05) is 21.3 Å². The predicted octanol–water partition coefficient (Wildman–Crippen LogP) is 4.34. The second-order valence-corrected chi connectivity index (χ2v) is 6.64. The molecule has 2 nitrogen and oxygen atoms in total. The number of thioether (sulfide) groups is 1. The Hall–Kier alpha value is -0.190. The Balaban J connectivity index is 2.62. The maximum atomic E-state index is 9.93. The van der Waals surface area contributed by atoms with Gasteiger partial charge >= 0.3 is 0 Å². The minimum Gasteiger partial charge on any atom is -0.508 e. The van der Waals surface area contributed by atoms with Gasteiger partial charge in [0.1, 0.15) is 5.75 Å². The quantitative estimate of drug-likeness (QED) is 0.779. The molecule has 0 bridgehead atoms. The molecule has 0 saturated carbocycles. The van der Waals surface area contributed by atoms with E-state index in [0.29, 0.717) is 11.0 Å². The monoisotopic (exact) mass is 331 g/mol. The van der Waals surface area contributed by atoms with Crippen molar-refractivity contribution in [1.82, 2.24) is 5.32 Å². The molecule has 2 N–H and O–H groups in total. The van der Waals surface area contributed by atoms with E-state index in [0.717, 1.165) is 29.4 Å². The van der Waals surface area contributed by atoms with Gasteiger partial charge in [0.25, 0.3) is 0 Å². The van der Waals surface area contributed by atoms with Crippen LogP contribution in [0.1, 0.15) is 38.3 Å². The first-order valence-electron chi connectivity index (χ1n) is 6.33. The Morgan fingerprint density at radius 3 is 2.78 bits per heavy atom. The van der Waals surface area contributed by atoms with Gasteiger partial charge in [0.2, 0.25) is 0 Å². The number of hydrogen-bond donors (Lipinski definition) is 2. The highest BCUT2D eigenvalue weighted by Crippen LogP contribution is 2.29. The summed E-state index contributed by atoms with van der Waals surface area (Å²) in [5, 5.41) is 14.1. The first-order chi connectivity index (χ1) is 8.58. The van der Waals surface area contributed by atoms with Crippen molar-refractivity contribution in [2.75, 3.05) is 12.8 Å². The van der Waals surface area contributed by atoms with Gasteiger partial charge in [0.15, 0.2) is 0 Å². The van der Waals surface area contributed by atoms with Crippen molar-refractivity contribution in [1.29, 1.82) is 0 Å². The maximum Gasteiger partial charge on any atom is 0.120 e. The molecule has 18 heavy (non-hydrogen) atoms. The first kappa shape index (κ1) is 15.9. The lowest BCUT2D eigenvalue weighted by Gasteiger charge is -2.20. The first-order valence-corrected chi connectivity index (χ1v) is 8.41. The van der Waals surface area contributed by atoms with E-state index in [1.807, 2.05) is 23.9 Å². The molecule has 0 amide bonds. The minimum atomic E-state index is 0.219. The Kier molecular flexibility index (Phi) is 7.12. The van der Waals surface area contributed by atoms with Crippen molar-refractivity contribution in [3.8, 4) is 5.75 Å². The number of hydrogen-bond acceptors (Lipinski definition) is 3. The average Bonchev–Trinajstić information content (AvgIpc) is 2.37. The molecule has 0 fully saturated rings. The standard InChI is InChI=1S/C14H22BrNOS/c1-4-13(16-8-7-10(2)18-3)12-9-11(15)5-6-14(12)17/h5-6,9-10,13,16-17H,4,7-8H2,1-3H3. The second kappa shape index (κ2) is 8.08. The van der Waals surface area contributed by atoms with Crippen molar-refractivity contribution in [2.24, 2.45) is 0 Å². The summed E-state index contributed by atoms with van der Waals surface area (Å²) < 4.78 is 1.01. The number of benzene rings is 1. The molecule has 0 aliphatic heterocycles. The van der Waals surface area contributed by atoms with E-state index < -0.39 is 0 Å². The highest BCUT2D eigenvalue weighted by atomic mass is 79.9. The summed E-state index contributed by atoms with van der Waals surface area (Å²) >= 11 is 5.34. The lowest BCUT2D eigenvalue weighted by molar-refractivity contribution is 0.439. The molecule has 0 aliphatic carbocycles. The van der Waals surface area contributed by atoms with Gasteiger partial charge in [0.05, 0.1) is 0 Å². The van der Waals surface area contributed by atoms with Crippen LogP contribution in [0.2, 0.25) is 0 Å². The zero-order chi connectivity index (χ0) is 13.5. The molecule has 0 aliphatic rings. The van der Waals surface area contributed by atoms with E-state index >= 15 is 0 Å². The molecule has 4 heteroatoms. The van der Waals surface area contributed by atoms with Crippen LogP contribution in [0.15, 0.2) is 22.7 Å². The highest BCUT2D eigenvalue weighted by molar-refractivity contribution is 9.10. The molecule has 0 spiro atoms. The van der Waals surface area contributed by atoms with Gasteiger partial charge in [-0.3, -0.25) is 0 Å². The lowest BCUT2D eigenvalue weighted by atomic mass is 10.0. The van der Waals surface area contributed by atoms with Crippen molar-refractivity contribution in [2.45, 2.75) is 38.0 Å². The Bertz CT molecular complexity index is 373. The van der Waals surface area contributed by atoms with Crippen LogP contribution in [-0.2, 0) is 0 Å². The second-order valence-electron chi connectivity index (χ2n) is 4.45. The number of phenols is 1. The third-order valence-corrected chi connectivity index (χ3v) is 4.65. The number of nitrogens with one attached hydrogen (secondary N) is 1. The van der Waals surface area contributed by atoms with Gasteiger partial charge in [-0.2, -0.15) is 11.8 Å². The Morgan fingerprint density at radius 1 is 1.44 bits per heavy atom. The van der Waals surface area contributed by atoms with E-state index in [1.165, 1.54) is 0 Å². The fourth-order valence-corrected chi connectivity index (χ4v) is 2.59. The minimum absolute atomic E-state index is 0.219. The van der Waals surface area contributed by atoms with Gasteiger partial charge < -0.3 is 10.4 Å². The third kappa shape index (κ3) is 4.82.